The summed E-state index contributed by atoms with van der Waals surface area (Å²) in [5, 5.41) is 8.46. The third-order valence-corrected chi connectivity index (χ3v) is 5.38. The van der Waals surface area contributed by atoms with Crippen LogP contribution in [0.25, 0.3) is 0 Å². The van der Waals surface area contributed by atoms with Crippen molar-refractivity contribution in [2.45, 2.75) is 72.1 Å². The van der Waals surface area contributed by atoms with Gasteiger partial charge in [-0.25, -0.2) is 4.79 Å². The van der Waals surface area contributed by atoms with Gasteiger partial charge in [0.05, 0.1) is 13.0 Å². The number of ether oxygens (including phenoxy) is 1. The molecule has 0 aliphatic carbocycles. The van der Waals surface area contributed by atoms with Crippen molar-refractivity contribution in [3.8, 4) is 0 Å². The normalized spacial score (nSPS) is 17.7. The Labute approximate surface area is 185 Å². The summed E-state index contributed by atoms with van der Waals surface area (Å²) in [5.41, 5.74) is 0.671. The number of rotatable bonds is 7. The zero-order chi connectivity index (χ0) is 22.4. The van der Waals surface area contributed by atoms with E-state index in [9.17, 15) is 4.79 Å². The first-order valence-corrected chi connectivity index (χ1v) is 11.3. The molecule has 2 heterocycles. The molecule has 1 atom stereocenters. The van der Waals surface area contributed by atoms with Gasteiger partial charge in [0.1, 0.15) is 5.60 Å². The Morgan fingerprint density at radius 1 is 1.23 bits per heavy atom. The fourth-order valence-corrected chi connectivity index (χ4v) is 3.92. The van der Waals surface area contributed by atoms with Crippen LogP contribution in [0.3, 0.4) is 0 Å². The van der Waals surface area contributed by atoms with Gasteiger partial charge in [0, 0.05) is 19.1 Å². The molecule has 1 aliphatic rings. The second-order valence-electron chi connectivity index (χ2n) is 9.72. The average molecular weight is 429 g/mol. The second kappa shape index (κ2) is 10.3. The van der Waals surface area contributed by atoms with Crippen LogP contribution in [-0.2, 0) is 17.7 Å². The molecule has 0 bridgehead atoms. The molecule has 2 aromatic rings. The van der Waals surface area contributed by atoms with Crippen molar-refractivity contribution in [3.63, 3.8) is 0 Å². The van der Waals surface area contributed by atoms with E-state index < -0.39 is 5.60 Å². The lowest BCUT2D eigenvalue weighted by molar-refractivity contribution is 0.0115. The van der Waals surface area contributed by atoms with E-state index in [-0.39, 0.29) is 12.1 Å². The number of hydrogen-bond donors (Lipinski definition) is 0. The van der Waals surface area contributed by atoms with Gasteiger partial charge in [-0.15, -0.1) is 10.2 Å². The monoisotopic (exact) mass is 428 g/mol. The van der Waals surface area contributed by atoms with Gasteiger partial charge < -0.3 is 14.1 Å². The topological polar surface area (TPSA) is 71.7 Å². The molecule has 170 valence electrons. The van der Waals surface area contributed by atoms with Crippen LogP contribution >= 0.6 is 0 Å². The first-order chi connectivity index (χ1) is 14.7. The summed E-state index contributed by atoms with van der Waals surface area (Å²) in [5.74, 6) is 1.69. The lowest BCUT2D eigenvalue weighted by Gasteiger charge is -2.37. The smallest absolute Gasteiger partial charge is 0.410 e. The minimum absolute atomic E-state index is 0.0988. The summed E-state index contributed by atoms with van der Waals surface area (Å²) in [7, 11) is 0. The Balaban J connectivity index is 1.54. The van der Waals surface area contributed by atoms with E-state index in [4.69, 9.17) is 9.15 Å². The number of piperidine rings is 1. The summed E-state index contributed by atoms with van der Waals surface area (Å²) in [6, 6.07) is 10.2. The highest BCUT2D eigenvalue weighted by molar-refractivity contribution is 5.68. The van der Waals surface area contributed by atoms with E-state index in [1.54, 1.807) is 0 Å². The number of aromatic nitrogens is 2. The van der Waals surface area contributed by atoms with Gasteiger partial charge in [-0.2, -0.15) is 0 Å². The minimum Gasteiger partial charge on any atom is -0.444 e. The van der Waals surface area contributed by atoms with Crippen LogP contribution in [0.5, 0.6) is 0 Å². The fourth-order valence-electron chi connectivity index (χ4n) is 3.92. The number of nitrogens with zero attached hydrogens (tertiary/aromatic N) is 4. The van der Waals surface area contributed by atoms with Gasteiger partial charge in [-0.1, -0.05) is 30.3 Å². The molecular formula is C24H36N4O3. The van der Waals surface area contributed by atoms with Gasteiger partial charge in [-0.3, -0.25) is 4.90 Å². The van der Waals surface area contributed by atoms with Gasteiger partial charge in [0.2, 0.25) is 11.8 Å². The van der Waals surface area contributed by atoms with E-state index in [2.05, 4.69) is 27.2 Å². The third-order valence-electron chi connectivity index (χ3n) is 5.38. The third kappa shape index (κ3) is 7.35. The Kier molecular flexibility index (Phi) is 7.70. The number of likely N-dealkylation sites (tertiary alicyclic amines) is 1. The van der Waals surface area contributed by atoms with Crippen molar-refractivity contribution < 1.29 is 13.9 Å². The highest BCUT2D eigenvalue weighted by Gasteiger charge is 2.29. The zero-order valence-corrected chi connectivity index (χ0v) is 19.5. The van der Waals surface area contributed by atoms with Crippen LogP contribution in [0.1, 0.15) is 64.8 Å². The van der Waals surface area contributed by atoms with Crippen molar-refractivity contribution in [3.05, 3.63) is 47.7 Å². The highest BCUT2D eigenvalue weighted by Crippen LogP contribution is 2.22. The highest BCUT2D eigenvalue weighted by atomic mass is 16.6. The van der Waals surface area contributed by atoms with Crippen LogP contribution < -0.4 is 0 Å². The summed E-state index contributed by atoms with van der Waals surface area (Å²) in [6.45, 7) is 13.0. The van der Waals surface area contributed by atoms with Crippen molar-refractivity contribution in [1.82, 2.24) is 20.0 Å². The number of amides is 1. The Bertz CT molecular complexity index is 829. The molecule has 1 aromatic carbocycles. The fraction of sp³-hybridized carbons (Fsp3) is 0.625. The predicted molar refractivity (Wildman–Crippen MR) is 120 cm³/mol. The van der Waals surface area contributed by atoms with E-state index in [0.717, 1.165) is 31.5 Å². The summed E-state index contributed by atoms with van der Waals surface area (Å²) >= 11 is 0. The zero-order valence-electron chi connectivity index (χ0n) is 19.5. The molecular weight excluding hydrogens is 392 g/mol. The van der Waals surface area contributed by atoms with Crippen LogP contribution in [0.2, 0.25) is 0 Å². The quantitative estimate of drug-likeness (QED) is 0.646. The van der Waals surface area contributed by atoms with Crippen molar-refractivity contribution >= 4 is 6.09 Å². The Morgan fingerprint density at radius 3 is 2.61 bits per heavy atom. The van der Waals surface area contributed by atoms with Gasteiger partial charge in [0.25, 0.3) is 0 Å². The molecule has 3 rings (SSSR count). The van der Waals surface area contributed by atoms with Crippen molar-refractivity contribution in [2.75, 3.05) is 19.6 Å². The number of benzene rings is 1. The van der Waals surface area contributed by atoms with Gasteiger partial charge >= 0.3 is 6.09 Å². The molecule has 7 nitrogen and oxygen atoms in total. The molecule has 1 aliphatic heterocycles. The SMILES string of the molecule is CC(C)N(CC1CCCN(Cc2nnc(Cc3ccccc3)o2)C1)C(=O)OC(C)(C)C. The maximum atomic E-state index is 12.7. The largest absolute Gasteiger partial charge is 0.444 e. The molecule has 1 aromatic heterocycles. The molecule has 31 heavy (non-hydrogen) atoms. The van der Waals surface area contributed by atoms with E-state index in [0.29, 0.717) is 37.2 Å². The molecule has 0 saturated carbocycles. The van der Waals surface area contributed by atoms with Crippen molar-refractivity contribution in [2.24, 2.45) is 5.92 Å². The predicted octanol–water partition coefficient (Wildman–Crippen LogP) is 4.52. The van der Waals surface area contributed by atoms with Crippen molar-refractivity contribution in [1.29, 1.82) is 0 Å². The van der Waals surface area contributed by atoms with E-state index >= 15 is 0 Å². The summed E-state index contributed by atoms with van der Waals surface area (Å²) in [6.07, 6.45) is 2.61. The molecule has 1 unspecified atom stereocenters. The molecule has 1 saturated heterocycles. The molecule has 0 radical (unpaired) electrons. The number of carbonyl (C=O) groups is 1. The molecule has 7 heteroatoms. The lowest BCUT2D eigenvalue weighted by Crippen LogP contribution is -2.46. The maximum Gasteiger partial charge on any atom is 0.410 e. The molecule has 0 N–H and O–H groups in total. The van der Waals surface area contributed by atoms with E-state index in [1.165, 1.54) is 0 Å². The summed E-state index contributed by atoms with van der Waals surface area (Å²) < 4.78 is 11.5. The van der Waals surface area contributed by atoms with Crippen LogP contribution in [0.4, 0.5) is 4.79 Å². The number of carbonyl (C=O) groups excluding carboxylic acids is 1. The lowest BCUT2D eigenvalue weighted by atomic mass is 9.97. The van der Waals surface area contributed by atoms with Crippen LogP contribution in [-0.4, -0.2) is 57.4 Å². The summed E-state index contributed by atoms with van der Waals surface area (Å²) in [4.78, 5) is 16.9. The maximum absolute atomic E-state index is 12.7. The van der Waals surface area contributed by atoms with Gasteiger partial charge in [0.15, 0.2) is 0 Å². The molecule has 0 spiro atoms. The van der Waals surface area contributed by atoms with Crippen LogP contribution in [0.15, 0.2) is 34.7 Å². The van der Waals surface area contributed by atoms with E-state index in [1.807, 2.05) is 57.7 Å². The Morgan fingerprint density at radius 2 is 1.94 bits per heavy atom. The first kappa shape index (κ1) is 23.3. The second-order valence-corrected chi connectivity index (χ2v) is 9.72. The average Bonchev–Trinajstić information content (AvgIpc) is 3.12. The van der Waals surface area contributed by atoms with Crippen LogP contribution in [0, 0.1) is 5.92 Å². The standard InChI is InChI=1S/C24H36N4O3/c1-18(2)28(23(29)31-24(3,4)5)16-20-12-9-13-27(15-20)17-22-26-25-21(30-22)14-19-10-7-6-8-11-19/h6-8,10-11,18,20H,9,12-17H2,1-5H3. The molecule has 1 amide bonds. The Hall–Kier alpha value is -2.41. The van der Waals surface area contributed by atoms with Gasteiger partial charge in [-0.05, 0) is 65.5 Å². The minimum atomic E-state index is -0.488. The molecule has 1 fully saturated rings. The first-order valence-electron chi connectivity index (χ1n) is 11.3. The number of hydrogen-bond acceptors (Lipinski definition) is 6.